The summed E-state index contributed by atoms with van der Waals surface area (Å²) in [6.07, 6.45) is 1.52. The predicted molar refractivity (Wildman–Crippen MR) is 41.6 cm³/mol. The van der Waals surface area contributed by atoms with E-state index in [4.69, 9.17) is 5.73 Å². The van der Waals surface area contributed by atoms with Gasteiger partial charge in [0, 0.05) is 6.04 Å². The molecule has 0 aliphatic heterocycles. The van der Waals surface area contributed by atoms with Gasteiger partial charge >= 0.3 is 0 Å². The lowest BCUT2D eigenvalue weighted by Crippen LogP contribution is -2.58. The van der Waals surface area contributed by atoms with Gasteiger partial charge in [-0.15, -0.1) is 0 Å². The van der Waals surface area contributed by atoms with Crippen molar-refractivity contribution in [3.05, 3.63) is 0 Å². The molecule has 0 atom stereocenters. The SMILES string of the molecule is CC(C)(C)C1(O)CC(N)C1. The summed E-state index contributed by atoms with van der Waals surface area (Å²) in [4.78, 5) is 0. The molecule has 1 rings (SSSR count). The van der Waals surface area contributed by atoms with E-state index >= 15 is 0 Å². The van der Waals surface area contributed by atoms with Crippen LogP contribution in [0.3, 0.4) is 0 Å². The van der Waals surface area contributed by atoms with Crippen LogP contribution < -0.4 is 5.73 Å². The summed E-state index contributed by atoms with van der Waals surface area (Å²) in [7, 11) is 0. The van der Waals surface area contributed by atoms with Crippen molar-refractivity contribution >= 4 is 0 Å². The van der Waals surface area contributed by atoms with Gasteiger partial charge in [-0.25, -0.2) is 0 Å². The summed E-state index contributed by atoms with van der Waals surface area (Å²) < 4.78 is 0. The fraction of sp³-hybridized carbons (Fsp3) is 1.00. The Morgan fingerprint density at radius 3 is 1.90 bits per heavy atom. The van der Waals surface area contributed by atoms with E-state index in [1.54, 1.807) is 0 Å². The second-order valence-corrected chi connectivity index (χ2v) is 4.45. The first-order chi connectivity index (χ1) is 4.35. The van der Waals surface area contributed by atoms with Crippen LogP contribution in [0.2, 0.25) is 0 Å². The van der Waals surface area contributed by atoms with Crippen LogP contribution in [0.1, 0.15) is 33.6 Å². The summed E-state index contributed by atoms with van der Waals surface area (Å²) in [5.74, 6) is 0. The highest BCUT2D eigenvalue weighted by molar-refractivity contribution is 5.03. The number of nitrogens with two attached hydrogens (primary N) is 1. The average molecular weight is 143 g/mol. The van der Waals surface area contributed by atoms with Crippen LogP contribution in [0.15, 0.2) is 0 Å². The first-order valence-electron chi connectivity index (χ1n) is 3.83. The lowest BCUT2D eigenvalue weighted by molar-refractivity contribution is -0.127. The van der Waals surface area contributed by atoms with Gasteiger partial charge < -0.3 is 10.8 Å². The maximum atomic E-state index is 9.84. The summed E-state index contributed by atoms with van der Waals surface area (Å²) in [6, 6.07) is 0.226. The Balaban J connectivity index is 2.57. The second-order valence-electron chi connectivity index (χ2n) is 4.45. The van der Waals surface area contributed by atoms with Crippen molar-refractivity contribution in [3.8, 4) is 0 Å². The zero-order valence-corrected chi connectivity index (χ0v) is 7.02. The average Bonchev–Trinajstić information content (AvgIpc) is 1.58. The predicted octanol–water partition coefficient (Wildman–Crippen LogP) is 0.885. The minimum atomic E-state index is -0.494. The molecular weight excluding hydrogens is 126 g/mol. The molecule has 0 aromatic carbocycles. The molecule has 1 aliphatic rings. The highest BCUT2D eigenvalue weighted by Gasteiger charge is 2.49. The van der Waals surface area contributed by atoms with Gasteiger partial charge in [0.05, 0.1) is 5.60 Å². The Morgan fingerprint density at radius 2 is 1.80 bits per heavy atom. The second kappa shape index (κ2) is 1.95. The molecule has 2 heteroatoms. The van der Waals surface area contributed by atoms with Crippen molar-refractivity contribution in [2.24, 2.45) is 11.1 Å². The van der Waals surface area contributed by atoms with Gasteiger partial charge in [-0.1, -0.05) is 20.8 Å². The summed E-state index contributed by atoms with van der Waals surface area (Å²) in [5.41, 5.74) is 5.09. The number of rotatable bonds is 0. The smallest absolute Gasteiger partial charge is 0.0725 e. The Morgan fingerprint density at radius 1 is 1.40 bits per heavy atom. The maximum Gasteiger partial charge on any atom is 0.0725 e. The van der Waals surface area contributed by atoms with Crippen molar-refractivity contribution < 1.29 is 5.11 Å². The fourth-order valence-electron chi connectivity index (χ4n) is 1.42. The molecule has 1 aliphatic carbocycles. The molecule has 0 aromatic rings. The quantitative estimate of drug-likeness (QED) is 0.529. The van der Waals surface area contributed by atoms with Crippen molar-refractivity contribution in [2.45, 2.75) is 45.3 Å². The molecule has 0 radical (unpaired) electrons. The molecule has 3 N–H and O–H groups in total. The highest BCUT2D eigenvalue weighted by atomic mass is 16.3. The van der Waals surface area contributed by atoms with Gasteiger partial charge in [-0.05, 0) is 18.3 Å². The van der Waals surface area contributed by atoms with Crippen molar-refractivity contribution in [1.29, 1.82) is 0 Å². The first-order valence-corrected chi connectivity index (χ1v) is 3.83. The van der Waals surface area contributed by atoms with Crippen LogP contribution >= 0.6 is 0 Å². The van der Waals surface area contributed by atoms with Crippen molar-refractivity contribution in [3.63, 3.8) is 0 Å². The maximum absolute atomic E-state index is 9.84. The molecule has 0 bridgehead atoms. The lowest BCUT2D eigenvalue weighted by Gasteiger charge is -2.50. The first kappa shape index (κ1) is 8.02. The molecule has 0 aromatic heterocycles. The molecular formula is C8H17NO. The van der Waals surface area contributed by atoms with E-state index in [-0.39, 0.29) is 11.5 Å². The largest absolute Gasteiger partial charge is 0.389 e. The molecule has 0 saturated heterocycles. The van der Waals surface area contributed by atoms with Crippen LogP contribution in [-0.4, -0.2) is 16.7 Å². The molecule has 2 nitrogen and oxygen atoms in total. The van der Waals surface area contributed by atoms with E-state index in [9.17, 15) is 5.11 Å². The van der Waals surface area contributed by atoms with E-state index in [0.717, 1.165) is 12.8 Å². The Labute approximate surface area is 62.4 Å². The molecule has 10 heavy (non-hydrogen) atoms. The van der Waals surface area contributed by atoms with Gasteiger partial charge in [0.1, 0.15) is 0 Å². The minimum Gasteiger partial charge on any atom is -0.389 e. The van der Waals surface area contributed by atoms with Crippen LogP contribution in [-0.2, 0) is 0 Å². The Bertz CT molecular complexity index is 131. The summed E-state index contributed by atoms with van der Waals surface area (Å²) in [5, 5.41) is 9.84. The van der Waals surface area contributed by atoms with Gasteiger partial charge in [0.25, 0.3) is 0 Å². The van der Waals surface area contributed by atoms with Gasteiger partial charge in [0.2, 0.25) is 0 Å². The van der Waals surface area contributed by atoms with Crippen LogP contribution in [0.4, 0.5) is 0 Å². The third kappa shape index (κ3) is 1.06. The third-order valence-corrected chi connectivity index (χ3v) is 2.60. The van der Waals surface area contributed by atoms with Crippen molar-refractivity contribution in [1.82, 2.24) is 0 Å². The molecule has 0 spiro atoms. The van der Waals surface area contributed by atoms with Gasteiger partial charge in [0.15, 0.2) is 0 Å². The summed E-state index contributed by atoms with van der Waals surface area (Å²) in [6.45, 7) is 6.16. The van der Waals surface area contributed by atoms with Crippen molar-refractivity contribution in [2.75, 3.05) is 0 Å². The van der Waals surface area contributed by atoms with Gasteiger partial charge in [-0.2, -0.15) is 0 Å². The number of hydrogen-bond acceptors (Lipinski definition) is 2. The van der Waals surface area contributed by atoms with E-state index in [2.05, 4.69) is 20.8 Å². The van der Waals surface area contributed by atoms with E-state index in [1.165, 1.54) is 0 Å². The number of aliphatic hydroxyl groups is 1. The monoisotopic (exact) mass is 143 g/mol. The Kier molecular flexibility index (Phi) is 1.57. The molecule has 0 heterocycles. The summed E-state index contributed by atoms with van der Waals surface area (Å²) >= 11 is 0. The minimum absolute atomic E-state index is 0.0110. The molecule has 60 valence electrons. The highest BCUT2D eigenvalue weighted by Crippen LogP contribution is 2.44. The van der Waals surface area contributed by atoms with Crippen LogP contribution in [0.5, 0.6) is 0 Å². The standard InChI is InChI=1S/C8H17NO/c1-7(2,3)8(10)4-6(9)5-8/h6,10H,4-5,9H2,1-3H3. The lowest BCUT2D eigenvalue weighted by atomic mass is 9.62. The molecule has 0 unspecified atom stereocenters. The molecule has 0 amide bonds. The zero-order valence-electron chi connectivity index (χ0n) is 7.02. The fourth-order valence-corrected chi connectivity index (χ4v) is 1.42. The van der Waals surface area contributed by atoms with Crippen LogP contribution in [0, 0.1) is 5.41 Å². The topological polar surface area (TPSA) is 46.2 Å². The van der Waals surface area contributed by atoms with Gasteiger partial charge in [-0.3, -0.25) is 0 Å². The zero-order chi connectivity index (χ0) is 7.99. The van der Waals surface area contributed by atoms with E-state index < -0.39 is 5.60 Å². The number of hydrogen-bond donors (Lipinski definition) is 2. The van der Waals surface area contributed by atoms with E-state index in [1.807, 2.05) is 0 Å². The molecule has 1 fully saturated rings. The van der Waals surface area contributed by atoms with E-state index in [0.29, 0.717) is 0 Å². The normalized spacial score (nSPS) is 41.1. The molecule has 1 saturated carbocycles. The van der Waals surface area contributed by atoms with Crippen LogP contribution in [0.25, 0.3) is 0 Å². The Hall–Kier alpha value is -0.0800. The third-order valence-electron chi connectivity index (χ3n) is 2.60.